The maximum Gasteiger partial charge on any atom is 0.143 e. The number of rotatable bonds is 3. The molecule has 1 N–H and O–H groups in total. The van der Waals surface area contributed by atoms with Gasteiger partial charge in [-0.3, -0.25) is 0 Å². The number of hydrogen-bond acceptors (Lipinski definition) is 2. The molecule has 2 unspecified atom stereocenters. The average Bonchev–Trinajstić information content (AvgIpc) is 3.00. The van der Waals surface area contributed by atoms with Crippen LogP contribution in [0.3, 0.4) is 0 Å². The van der Waals surface area contributed by atoms with Crippen molar-refractivity contribution in [1.29, 1.82) is 0 Å². The molecule has 0 aliphatic heterocycles. The highest BCUT2D eigenvalue weighted by Gasteiger charge is 2.30. The summed E-state index contributed by atoms with van der Waals surface area (Å²) in [5.74, 6) is -0.447. The van der Waals surface area contributed by atoms with Crippen LogP contribution in [0, 0.1) is 0 Å². The highest BCUT2D eigenvalue weighted by atomic mass is 35.5. The van der Waals surface area contributed by atoms with Crippen molar-refractivity contribution in [2.24, 2.45) is 0 Å². The number of aliphatic hydroxyl groups is 1. The van der Waals surface area contributed by atoms with Gasteiger partial charge in [0, 0.05) is 21.4 Å². The molecule has 26 heavy (non-hydrogen) atoms. The maximum atomic E-state index is 11.0. The smallest absolute Gasteiger partial charge is 0.143 e. The molecule has 4 heteroatoms. The number of benzene rings is 3. The van der Waals surface area contributed by atoms with E-state index < -0.39 is 11.4 Å². The van der Waals surface area contributed by atoms with Crippen molar-refractivity contribution in [3.63, 3.8) is 0 Å². The van der Waals surface area contributed by atoms with Crippen LogP contribution < -0.4 is 0 Å². The van der Waals surface area contributed by atoms with E-state index in [1.165, 1.54) is 0 Å². The SMILES string of the molecule is [B]C(C)C(C)(O)c1ccc(Cl)cc1-c1cccc2c1oc1ccccc12. The van der Waals surface area contributed by atoms with Crippen molar-refractivity contribution in [2.75, 3.05) is 0 Å². The molecule has 0 bridgehead atoms. The fourth-order valence-electron chi connectivity index (χ4n) is 3.39. The summed E-state index contributed by atoms with van der Waals surface area (Å²) >= 11 is 6.28. The normalized spacial score (nSPS) is 15.2. The summed E-state index contributed by atoms with van der Waals surface area (Å²) in [6, 6.07) is 19.4. The second-order valence-electron chi connectivity index (χ2n) is 6.91. The molecule has 2 nitrogen and oxygen atoms in total. The third-order valence-corrected chi connectivity index (χ3v) is 5.34. The molecule has 0 aliphatic rings. The number of halogens is 1. The van der Waals surface area contributed by atoms with E-state index in [4.69, 9.17) is 23.9 Å². The fourth-order valence-corrected chi connectivity index (χ4v) is 3.56. The summed E-state index contributed by atoms with van der Waals surface area (Å²) in [6.45, 7) is 3.52. The Balaban J connectivity index is 2.06. The molecule has 1 aromatic heterocycles. The lowest BCUT2D eigenvalue weighted by Gasteiger charge is -2.31. The Morgan fingerprint density at radius 3 is 2.50 bits per heavy atom. The maximum absolute atomic E-state index is 11.0. The van der Waals surface area contributed by atoms with E-state index in [0.29, 0.717) is 5.02 Å². The van der Waals surface area contributed by atoms with Crippen molar-refractivity contribution in [1.82, 2.24) is 0 Å². The lowest BCUT2D eigenvalue weighted by molar-refractivity contribution is 0.0547. The zero-order chi connectivity index (χ0) is 18.5. The van der Waals surface area contributed by atoms with Gasteiger partial charge >= 0.3 is 0 Å². The van der Waals surface area contributed by atoms with Gasteiger partial charge in [-0.15, -0.1) is 0 Å². The third kappa shape index (κ3) is 2.63. The first-order chi connectivity index (χ1) is 12.4. The van der Waals surface area contributed by atoms with Gasteiger partial charge in [0.05, 0.1) is 13.4 Å². The van der Waals surface area contributed by atoms with Gasteiger partial charge in [0.1, 0.15) is 11.2 Å². The number of hydrogen-bond donors (Lipinski definition) is 1. The van der Waals surface area contributed by atoms with Crippen LogP contribution in [0.25, 0.3) is 33.1 Å². The lowest BCUT2D eigenvalue weighted by atomic mass is 9.70. The summed E-state index contributed by atoms with van der Waals surface area (Å²) in [5.41, 5.74) is 2.84. The summed E-state index contributed by atoms with van der Waals surface area (Å²) in [4.78, 5) is 0. The van der Waals surface area contributed by atoms with Crippen molar-refractivity contribution in [3.8, 4) is 11.1 Å². The Morgan fingerprint density at radius 1 is 1.00 bits per heavy atom. The molecule has 1 heterocycles. The predicted octanol–water partition coefficient (Wildman–Crippen LogP) is 6.09. The number of para-hydroxylation sites is 2. The Labute approximate surface area is 158 Å². The van der Waals surface area contributed by atoms with Crippen molar-refractivity contribution < 1.29 is 9.52 Å². The monoisotopic (exact) mass is 360 g/mol. The summed E-state index contributed by atoms with van der Waals surface area (Å²) in [5, 5.41) is 13.7. The van der Waals surface area contributed by atoms with Crippen molar-refractivity contribution >= 4 is 41.4 Å². The van der Waals surface area contributed by atoms with Gasteiger partial charge in [-0.2, -0.15) is 0 Å². The van der Waals surface area contributed by atoms with E-state index in [9.17, 15) is 5.11 Å². The van der Waals surface area contributed by atoms with E-state index in [2.05, 4.69) is 0 Å². The molecular weight excluding hydrogens is 343 g/mol. The number of fused-ring (bicyclic) bond motifs is 3. The minimum Gasteiger partial charge on any atom is -0.455 e. The highest BCUT2D eigenvalue weighted by molar-refractivity contribution is 6.31. The van der Waals surface area contributed by atoms with Crippen LogP contribution in [0.15, 0.2) is 65.1 Å². The third-order valence-electron chi connectivity index (χ3n) is 5.11. The van der Waals surface area contributed by atoms with E-state index in [1.54, 1.807) is 19.9 Å². The minimum absolute atomic E-state index is 0.447. The number of furan rings is 1. The fraction of sp³-hybridized carbons (Fsp3) is 0.182. The Morgan fingerprint density at radius 2 is 1.73 bits per heavy atom. The highest BCUT2D eigenvalue weighted by Crippen LogP contribution is 2.42. The average molecular weight is 361 g/mol. The first-order valence-corrected chi connectivity index (χ1v) is 8.96. The molecule has 0 fully saturated rings. The van der Waals surface area contributed by atoms with Gasteiger partial charge in [-0.25, -0.2) is 0 Å². The zero-order valence-electron chi connectivity index (χ0n) is 14.7. The van der Waals surface area contributed by atoms with Gasteiger partial charge in [-0.1, -0.05) is 61.0 Å². The van der Waals surface area contributed by atoms with Gasteiger partial charge < -0.3 is 9.52 Å². The first-order valence-electron chi connectivity index (χ1n) is 8.58. The van der Waals surface area contributed by atoms with Gasteiger partial charge in [0.15, 0.2) is 0 Å². The van der Waals surface area contributed by atoms with Crippen LogP contribution in [0.5, 0.6) is 0 Å². The molecule has 128 valence electrons. The molecule has 4 aromatic rings. The molecule has 4 rings (SSSR count). The molecule has 2 radical (unpaired) electrons. The summed E-state index contributed by atoms with van der Waals surface area (Å²) in [6.07, 6.45) is 0. The van der Waals surface area contributed by atoms with E-state index in [1.807, 2.05) is 54.6 Å². The second-order valence-corrected chi connectivity index (χ2v) is 7.34. The van der Waals surface area contributed by atoms with Crippen LogP contribution in [-0.4, -0.2) is 13.0 Å². The predicted molar refractivity (Wildman–Crippen MR) is 109 cm³/mol. The van der Waals surface area contributed by atoms with Gasteiger partial charge in [0.2, 0.25) is 0 Å². The molecule has 3 aromatic carbocycles. The second kappa shape index (κ2) is 6.19. The minimum atomic E-state index is -1.20. The summed E-state index contributed by atoms with van der Waals surface area (Å²) in [7, 11) is 6.05. The molecule has 0 aliphatic carbocycles. The van der Waals surface area contributed by atoms with Crippen molar-refractivity contribution in [2.45, 2.75) is 25.3 Å². The standard InChI is InChI=1S/C22H18BClO2/c1-13(23)22(2,25)19-11-10-14(24)12-18(19)17-8-5-7-16-15-6-3-4-9-20(15)26-21(16)17/h3-13,25H,1-2H3. The topological polar surface area (TPSA) is 33.4 Å². The Kier molecular flexibility index (Phi) is 4.09. The Hall–Kier alpha value is -2.23. The van der Waals surface area contributed by atoms with E-state index in [0.717, 1.165) is 38.6 Å². The molecule has 0 saturated heterocycles. The molecule has 0 saturated carbocycles. The molecular formula is C22H18BClO2. The Bertz CT molecular complexity index is 1110. The van der Waals surface area contributed by atoms with Crippen LogP contribution >= 0.6 is 11.6 Å². The van der Waals surface area contributed by atoms with Crippen LogP contribution in [0.4, 0.5) is 0 Å². The molecule has 2 atom stereocenters. The quantitative estimate of drug-likeness (QED) is 0.448. The molecule has 0 amide bonds. The van der Waals surface area contributed by atoms with Crippen molar-refractivity contribution in [3.05, 3.63) is 71.2 Å². The summed E-state index contributed by atoms with van der Waals surface area (Å²) < 4.78 is 6.15. The molecule has 0 spiro atoms. The largest absolute Gasteiger partial charge is 0.455 e. The van der Waals surface area contributed by atoms with E-state index in [-0.39, 0.29) is 0 Å². The zero-order valence-corrected chi connectivity index (χ0v) is 15.4. The van der Waals surface area contributed by atoms with Crippen LogP contribution in [-0.2, 0) is 5.60 Å². The van der Waals surface area contributed by atoms with Gasteiger partial charge in [0.25, 0.3) is 0 Å². The van der Waals surface area contributed by atoms with Gasteiger partial charge in [-0.05, 0) is 42.1 Å². The van der Waals surface area contributed by atoms with Crippen LogP contribution in [0.1, 0.15) is 19.4 Å². The lowest BCUT2D eigenvalue weighted by Crippen LogP contribution is -2.27. The first kappa shape index (κ1) is 17.2. The van der Waals surface area contributed by atoms with E-state index >= 15 is 0 Å². The van der Waals surface area contributed by atoms with Crippen LogP contribution in [0.2, 0.25) is 10.8 Å².